The molecule has 0 saturated heterocycles. The van der Waals surface area contributed by atoms with Crippen LogP contribution in [0.5, 0.6) is 11.5 Å². The molecule has 0 aliphatic carbocycles. The van der Waals surface area contributed by atoms with E-state index >= 15 is 0 Å². The molecule has 0 radical (unpaired) electrons. The largest absolute Gasteiger partial charge is 0.454 e. The molecule has 2 aromatic heterocycles. The highest BCUT2D eigenvalue weighted by molar-refractivity contribution is 7.07. The van der Waals surface area contributed by atoms with Crippen LogP contribution in [0.1, 0.15) is 17.9 Å². The van der Waals surface area contributed by atoms with Crippen molar-refractivity contribution in [3.8, 4) is 23.0 Å². The van der Waals surface area contributed by atoms with Crippen LogP contribution in [0.4, 0.5) is 0 Å². The predicted molar refractivity (Wildman–Crippen MR) is 90.3 cm³/mol. The molecule has 0 unspecified atom stereocenters. The molecule has 3 heterocycles. The molecule has 7 nitrogen and oxygen atoms in total. The number of thiophene rings is 1. The Morgan fingerprint density at radius 1 is 1.20 bits per heavy atom. The molecule has 0 atom stereocenters. The maximum Gasteiger partial charge on any atom is 0.247 e. The summed E-state index contributed by atoms with van der Waals surface area (Å²) in [5.41, 5.74) is 1.85. The van der Waals surface area contributed by atoms with Gasteiger partial charge in [0, 0.05) is 24.9 Å². The van der Waals surface area contributed by atoms with E-state index in [9.17, 15) is 4.79 Å². The number of aromatic nitrogens is 2. The van der Waals surface area contributed by atoms with Crippen LogP contribution in [0.3, 0.4) is 0 Å². The van der Waals surface area contributed by atoms with Crippen molar-refractivity contribution in [3.63, 3.8) is 0 Å². The average molecular weight is 357 g/mol. The number of aryl methyl sites for hydroxylation is 1. The van der Waals surface area contributed by atoms with Crippen LogP contribution in [-0.2, 0) is 17.8 Å². The van der Waals surface area contributed by atoms with E-state index in [4.69, 9.17) is 13.9 Å². The number of nitrogens with one attached hydrogen (secondary N) is 1. The predicted octanol–water partition coefficient (Wildman–Crippen LogP) is 2.78. The first kappa shape index (κ1) is 15.6. The second-order valence-electron chi connectivity index (χ2n) is 5.48. The molecular weight excluding hydrogens is 342 g/mol. The van der Waals surface area contributed by atoms with Crippen molar-refractivity contribution < 1.29 is 18.7 Å². The number of hydrogen-bond donors (Lipinski definition) is 1. The summed E-state index contributed by atoms with van der Waals surface area (Å²) in [4.78, 5) is 11.9. The fourth-order valence-electron chi connectivity index (χ4n) is 2.40. The Hall–Kier alpha value is -2.87. The van der Waals surface area contributed by atoms with Gasteiger partial charge in [0.05, 0.1) is 0 Å². The minimum Gasteiger partial charge on any atom is -0.454 e. The lowest BCUT2D eigenvalue weighted by molar-refractivity contribution is -0.121. The first-order chi connectivity index (χ1) is 12.3. The molecule has 0 fully saturated rings. The average Bonchev–Trinajstić information content (AvgIpc) is 3.39. The highest BCUT2D eigenvalue weighted by atomic mass is 32.1. The number of ether oxygens (including phenoxy) is 2. The number of hydrogen-bond acceptors (Lipinski definition) is 7. The van der Waals surface area contributed by atoms with Crippen LogP contribution in [0.2, 0.25) is 0 Å². The number of carbonyl (C=O) groups is 1. The lowest BCUT2D eigenvalue weighted by atomic mass is 10.2. The lowest BCUT2D eigenvalue weighted by Gasteiger charge is -2.02. The van der Waals surface area contributed by atoms with Gasteiger partial charge in [-0.15, -0.1) is 10.2 Å². The van der Waals surface area contributed by atoms with E-state index < -0.39 is 0 Å². The Morgan fingerprint density at radius 2 is 2.12 bits per heavy atom. The van der Waals surface area contributed by atoms with Gasteiger partial charge < -0.3 is 19.2 Å². The Labute approximate surface area is 147 Å². The molecule has 1 N–H and O–H groups in total. The number of amides is 1. The second-order valence-corrected chi connectivity index (χ2v) is 6.26. The molecule has 0 saturated carbocycles. The summed E-state index contributed by atoms with van der Waals surface area (Å²) in [5, 5.41) is 14.9. The van der Waals surface area contributed by atoms with Crippen molar-refractivity contribution in [1.29, 1.82) is 0 Å². The van der Waals surface area contributed by atoms with Crippen molar-refractivity contribution in [2.45, 2.75) is 19.4 Å². The van der Waals surface area contributed by atoms with Crippen LogP contribution in [0, 0.1) is 0 Å². The van der Waals surface area contributed by atoms with Crippen molar-refractivity contribution in [1.82, 2.24) is 15.5 Å². The first-order valence-electron chi connectivity index (χ1n) is 7.78. The fraction of sp³-hybridized carbons (Fsp3) is 0.235. The van der Waals surface area contributed by atoms with E-state index in [2.05, 4.69) is 15.5 Å². The third-order valence-corrected chi connectivity index (χ3v) is 4.45. The normalized spacial score (nSPS) is 12.3. The summed E-state index contributed by atoms with van der Waals surface area (Å²) in [5.74, 6) is 2.13. The Balaban J connectivity index is 1.33. The van der Waals surface area contributed by atoms with Crippen LogP contribution >= 0.6 is 11.3 Å². The molecule has 128 valence electrons. The molecule has 3 aromatic rings. The van der Waals surface area contributed by atoms with E-state index in [0.29, 0.717) is 42.7 Å². The zero-order chi connectivity index (χ0) is 17.1. The number of benzene rings is 1. The first-order valence-corrected chi connectivity index (χ1v) is 8.72. The summed E-state index contributed by atoms with van der Waals surface area (Å²) >= 11 is 1.61. The third-order valence-electron chi connectivity index (χ3n) is 3.72. The van der Waals surface area contributed by atoms with Gasteiger partial charge in [0.1, 0.15) is 0 Å². The van der Waals surface area contributed by atoms with Crippen LogP contribution in [-0.4, -0.2) is 22.9 Å². The molecule has 4 rings (SSSR count). The molecule has 0 bridgehead atoms. The Bertz CT molecular complexity index is 876. The lowest BCUT2D eigenvalue weighted by Crippen LogP contribution is -2.22. The van der Waals surface area contributed by atoms with E-state index in [-0.39, 0.29) is 12.7 Å². The van der Waals surface area contributed by atoms with E-state index in [1.807, 2.05) is 22.9 Å². The molecular formula is C17H15N3O4S. The van der Waals surface area contributed by atoms with Gasteiger partial charge >= 0.3 is 0 Å². The molecule has 25 heavy (non-hydrogen) atoms. The molecule has 8 heteroatoms. The Kier molecular flexibility index (Phi) is 4.34. The van der Waals surface area contributed by atoms with E-state index in [0.717, 1.165) is 11.1 Å². The molecule has 1 aliphatic heterocycles. The fourth-order valence-corrected chi connectivity index (χ4v) is 3.07. The topological polar surface area (TPSA) is 86.5 Å². The highest BCUT2D eigenvalue weighted by Crippen LogP contribution is 2.35. The van der Waals surface area contributed by atoms with Gasteiger partial charge in [0.2, 0.25) is 24.5 Å². The maximum absolute atomic E-state index is 11.9. The summed E-state index contributed by atoms with van der Waals surface area (Å²) < 4.78 is 16.2. The minimum atomic E-state index is -0.0472. The van der Waals surface area contributed by atoms with Gasteiger partial charge in [0.25, 0.3) is 0 Å². The molecule has 1 aromatic carbocycles. The molecule has 1 aliphatic rings. The van der Waals surface area contributed by atoms with Gasteiger partial charge in [-0.2, -0.15) is 11.3 Å². The summed E-state index contributed by atoms with van der Waals surface area (Å²) in [6.45, 7) is 0.753. The van der Waals surface area contributed by atoms with Crippen molar-refractivity contribution in [2.24, 2.45) is 0 Å². The van der Waals surface area contributed by atoms with Gasteiger partial charge in [-0.25, -0.2) is 0 Å². The number of nitrogens with zero attached hydrogens (tertiary/aromatic N) is 2. The maximum atomic E-state index is 11.9. The highest BCUT2D eigenvalue weighted by Gasteiger charge is 2.17. The monoisotopic (exact) mass is 357 g/mol. The molecule has 1 amide bonds. The van der Waals surface area contributed by atoms with E-state index in [1.165, 1.54) is 0 Å². The van der Waals surface area contributed by atoms with Crippen LogP contribution in [0.25, 0.3) is 11.5 Å². The summed E-state index contributed by atoms with van der Waals surface area (Å²) in [6.07, 6.45) is 0.694. The van der Waals surface area contributed by atoms with Crippen molar-refractivity contribution in [3.05, 3.63) is 46.5 Å². The van der Waals surface area contributed by atoms with Crippen LogP contribution < -0.4 is 14.8 Å². The van der Waals surface area contributed by atoms with Crippen LogP contribution in [0.15, 0.2) is 39.4 Å². The number of fused-ring (bicyclic) bond motifs is 1. The summed E-state index contributed by atoms with van der Waals surface area (Å²) in [7, 11) is 0. The Morgan fingerprint density at radius 3 is 3.00 bits per heavy atom. The zero-order valence-electron chi connectivity index (χ0n) is 13.2. The third kappa shape index (κ3) is 3.63. The van der Waals surface area contributed by atoms with Gasteiger partial charge in [-0.1, -0.05) is 0 Å². The second kappa shape index (κ2) is 6.94. The SMILES string of the molecule is O=C(CCc1nnc(-c2ccc3c(c2)OCO3)o1)NCc1ccsc1. The van der Waals surface area contributed by atoms with E-state index in [1.54, 1.807) is 23.5 Å². The van der Waals surface area contributed by atoms with Crippen molar-refractivity contribution >= 4 is 17.2 Å². The smallest absolute Gasteiger partial charge is 0.247 e. The van der Waals surface area contributed by atoms with Crippen molar-refractivity contribution in [2.75, 3.05) is 6.79 Å². The van der Waals surface area contributed by atoms with Gasteiger partial charge in [-0.3, -0.25) is 4.79 Å². The number of rotatable bonds is 6. The minimum absolute atomic E-state index is 0.0472. The number of carbonyl (C=O) groups excluding carboxylic acids is 1. The van der Waals surface area contributed by atoms with Gasteiger partial charge in [-0.05, 0) is 40.6 Å². The van der Waals surface area contributed by atoms with Gasteiger partial charge in [0.15, 0.2) is 11.5 Å². The quantitative estimate of drug-likeness (QED) is 0.730. The standard InChI is InChI=1S/C17H15N3O4S/c21-15(18-8-11-5-6-25-9-11)3-4-16-19-20-17(24-16)12-1-2-13-14(7-12)23-10-22-13/h1-2,5-7,9H,3-4,8,10H2,(H,18,21). The zero-order valence-corrected chi connectivity index (χ0v) is 14.0. The molecule has 0 spiro atoms. The summed E-state index contributed by atoms with van der Waals surface area (Å²) in [6, 6.07) is 7.42.